The maximum Gasteiger partial charge on any atom is 0.231 e. The Morgan fingerprint density at radius 2 is 1.86 bits per heavy atom. The van der Waals surface area contributed by atoms with Gasteiger partial charge in [0.2, 0.25) is 5.91 Å². The lowest BCUT2D eigenvalue weighted by Crippen LogP contribution is -2.23. The predicted molar refractivity (Wildman–Crippen MR) is 95.3 cm³/mol. The van der Waals surface area contributed by atoms with E-state index < -0.39 is 0 Å². The van der Waals surface area contributed by atoms with Crippen molar-refractivity contribution < 1.29 is 4.79 Å². The fraction of sp³-hybridized carbons (Fsp3) is 0.211. The van der Waals surface area contributed by atoms with Gasteiger partial charge in [0.1, 0.15) is 0 Å². The lowest BCUT2D eigenvalue weighted by atomic mass is 9.98. The first kappa shape index (κ1) is 16.4. The van der Waals surface area contributed by atoms with Crippen molar-refractivity contribution in [2.24, 2.45) is 5.92 Å². The number of para-hydroxylation sites is 1. The summed E-state index contributed by atoms with van der Waals surface area (Å²) in [6, 6.07) is 17.9. The van der Waals surface area contributed by atoms with Gasteiger partial charge in [-0.25, -0.2) is 0 Å². The van der Waals surface area contributed by atoms with Gasteiger partial charge in [0.25, 0.3) is 0 Å². The summed E-state index contributed by atoms with van der Waals surface area (Å²) in [6.45, 7) is 5.91. The molecule has 0 aliphatic rings. The first-order chi connectivity index (χ1) is 10.7. The van der Waals surface area contributed by atoms with Gasteiger partial charge < -0.3 is 5.32 Å². The third-order valence-electron chi connectivity index (χ3n) is 3.36. The number of amides is 1. The van der Waals surface area contributed by atoms with Crippen molar-refractivity contribution in [3.05, 3.63) is 72.8 Å². The lowest BCUT2D eigenvalue weighted by Gasteiger charge is -2.15. The van der Waals surface area contributed by atoms with E-state index in [4.69, 9.17) is 0 Å². The zero-order valence-corrected chi connectivity index (χ0v) is 13.6. The number of hydrogen-bond acceptors (Lipinski definition) is 2. The van der Waals surface area contributed by atoms with Gasteiger partial charge in [-0.15, -0.1) is 18.3 Å². The van der Waals surface area contributed by atoms with Crippen LogP contribution in [0.1, 0.15) is 12.5 Å². The second kappa shape index (κ2) is 8.44. The molecular formula is C19H21NOS. The largest absolute Gasteiger partial charge is 0.325 e. The highest BCUT2D eigenvalue weighted by atomic mass is 32.2. The number of thioether (sulfide) groups is 1. The van der Waals surface area contributed by atoms with E-state index in [-0.39, 0.29) is 11.8 Å². The minimum atomic E-state index is -0.234. The molecule has 2 nitrogen and oxygen atoms in total. The van der Waals surface area contributed by atoms with Crippen molar-refractivity contribution in [1.29, 1.82) is 0 Å². The van der Waals surface area contributed by atoms with Crippen molar-refractivity contribution in [2.75, 3.05) is 11.1 Å². The third kappa shape index (κ3) is 4.50. The molecular weight excluding hydrogens is 290 g/mol. The average Bonchev–Trinajstić information content (AvgIpc) is 2.55. The van der Waals surface area contributed by atoms with E-state index in [1.807, 2.05) is 54.6 Å². The number of benzene rings is 2. The molecule has 0 fully saturated rings. The normalized spacial score (nSPS) is 11.7. The van der Waals surface area contributed by atoms with Gasteiger partial charge in [-0.1, -0.05) is 55.5 Å². The fourth-order valence-electron chi connectivity index (χ4n) is 2.23. The van der Waals surface area contributed by atoms with Crippen LogP contribution in [0, 0.1) is 5.92 Å². The zero-order valence-electron chi connectivity index (χ0n) is 12.8. The molecule has 22 heavy (non-hydrogen) atoms. The maximum atomic E-state index is 12.5. The van der Waals surface area contributed by atoms with Crippen molar-refractivity contribution in [3.63, 3.8) is 0 Å². The molecule has 0 aliphatic heterocycles. The molecule has 2 aromatic carbocycles. The number of hydrogen-bond donors (Lipinski definition) is 1. The summed E-state index contributed by atoms with van der Waals surface area (Å²) >= 11 is 1.73. The highest BCUT2D eigenvalue weighted by Gasteiger charge is 2.16. The van der Waals surface area contributed by atoms with Gasteiger partial charge in [0.15, 0.2) is 0 Å². The number of rotatable bonds is 7. The summed E-state index contributed by atoms with van der Waals surface area (Å²) in [7, 11) is 0. The molecule has 2 rings (SSSR count). The maximum absolute atomic E-state index is 12.5. The Morgan fingerprint density at radius 1 is 1.18 bits per heavy atom. The van der Waals surface area contributed by atoms with E-state index in [2.05, 4.69) is 18.8 Å². The van der Waals surface area contributed by atoms with Crippen LogP contribution >= 0.6 is 11.8 Å². The Bertz CT molecular complexity index is 624. The summed E-state index contributed by atoms with van der Waals surface area (Å²) in [5.74, 6) is 0.729. The Kier molecular flexibility index (Phi) is 6.28. The van der Waals surface area contributed by atoms with Crippen LogP contribution in [-0.4, -0.2) is 11.7 Å². The number of carbonyl (C=O) groups excluding carboxylic acids is 1. The van der Waals surface area contributed by atoms with Gasteiger partial charge in [-0.2, -0.15) is 0 Å². The molecule has 0 saturated heterocycles. The first-order valence-electron chi connectivity index (χ1n) is 7.43. The van der Waals surface area contributed by atoms with E-state index in [0.29, 0.717) is 6.42 Å². The summed E-state index contributed by atoms with van der Waals surface area (Å²) in [5.41, 5.74) is 2.01. The molecule has 0 saturated carbocycles. The second-order valence-corrected chi connectivity index (χ2v) is 6.26. The van der Waals surface area contributed by atoms with E-state index >= 15 is 0 Å². The average molecular weight is 311 g/mol. The molecule has 3 heteroatoms. The number of carbonyl (C=O) groups is 1. The molecule has 0 aliphatic carbocycles. The molecule has 1 amide bonds. The molecule has 0 radical (unpaired) electrons. The second-order valence-electron chi connectivity index (χ2n) is 4.95. The Labute approximate surface area is 136 Å². The molecule has 1 N–H and O–H groups in total. The van der Waals surface area contributed by atoms with Gasteiger partial charge in [-0.3, -0.25) is 4.79 Å². The zero-order chi connectivity index (χ0) is 15.8. The lowest BCUT2D eigenvalue weighted by molar-refractivity contribution is -0.118. The van der Waals surface area contributed by atoms with E-state index in [0.717, 1.165) is 21.9 Å². The number of nitrogens with one attached hydrogen (secondary N) is 1. The van der Waals surface area contributed by atoms with Crippen LogP contribution in [-0.2, 0) is 11.2 Å². The summed E-state index contributed by atoms with van der Waals surface area (Å²) in [6.07, 6.45) is 2.39. The monoisotopic (exact) mass is 311 g/mol. The van der Waals surface area contributed by atoms with E-state index in [1.54, 1.807) is 17.8 Å². The van der Waals surface area contributed by atoms with Crippen LogP contribution in [0.2, 0.25) is 0 Å². The summed E-state index contributed by atoms with van der Waals surface area (Å²) in [4.78, 5) is 13.6. The minimum absolute atomic E-state index is 0.0111. The molecule has 114 valence electrons. The minimum Gasteiger partial charge on any atom is -0.325 e. The van der Waals surface area contributed by atoms with Crippen LogP contribution in [0.15, 0.2) is 72.1 Å². The molecule has 1 atom stereocenters. The van der Waals surface area contributed by atoms with Crippen molar-refractivity contribution in [3.8, 4) is 0 Å². The standard InChI is InChI=1S/C19H21NOS/c1-3-16(14-15-10-6-5-7-11-15)19(21)20-17-12-8-9-13-18(17)22-4-2/h3,5-13,16H,1,4,14H2,2H3,(H,20,21). The van der Waals surface area contributed by atoms with E-state index in [1.165, 1.54) is 0 Å². The SMILES string of the molecule is C=CC(Cc1ccccc1)C(=O)Nc1ccccc1SCC. The van der Waals surface area contributed by atoms with Gasteiger partial charge in [0, 0.05) is 4.90 Å². The van der Waals surface area contributed by atoms with Crippen LogP contribution in [0.25, 0.3) is 0 Å². The van der Waals surface area contributed by atoms with Crippen LogP contribution < -0.4 is 5.32 Å². The van der Waals surface area contributed by atoms with Crippen molar-refractivity contribution in [2.45, 2.75) is 18.2 Å². The van der Waals surface area contributed by atoms with Gasteiger partial charge >= 0.3 is 0 Å². The molecule has 1 unspecified atom stereocenters. The predicted octanol–water partition coefficient (Wildman–Crippen LogP) is 4.78. The molecule has 0 spiro atoms. The Hall–Kier alpha value is -2.00. The van der Waals surface area contributed by atoms with Crippen LogP contribution in [0.4, 0.5) is 5.69 Å². The first-order valence-corrected chi connectivity index (χ1v) is 8.42. The van der Waals surface area contributed by atoms with Crippen LogP contribution in [0.3, 0.4) is 0 Å². The third-order valence-corrected chi connectivity index (χ3v) is 4.32. The topological polar surface area (TPSA) is 29.1 Å². The summed E-state index contributed by atoms with van der Waals surface area (Å²) < 4.78 is 0. The van der Waals surface area contributed by atoms with Gasteiger partial charge in [0.05, 0.1) is 11.6 Å². The van der Waals surface area contributed by atoms with Crippen LogP contribution in [0.5, 0.6) is 0 Å². The highest BCUT2D eigenvalue weighted by molar-refractivity contribution is 7.99. The number of anilines is 1. The molecule has 0 aromatic heterocycles. The Morgan fingerprint density at radius 3 is 2.55 bits per heavy atom. The highest BCUT2D eigenvalue weighted by Crippen LogP contribution is 2.27. The fourth-order valence-corrected chi connectivity index (χ4v) is 2.99. The molecule has 0 heterocycles. The molecule has 0 bridgehead atoms. The van der Waals surface area contributed by atoms with Gasteiger partial charge in [-0.05, 0) is 29.9 Å². The van der Waals surface area contributed by atoms with Crippen molar-refractivity contribution >= 4 is 23.4 Å². The summed E-state index contributed by atoms with van der Waals surface area (Å²) in [5, 5.41) is 3.04. The van der Waals surface area contributed by atoms with E-state index in [9.17, 15) is 4.79 Å². The smallest absolute Gasteiger partial charge is 0.231 e. The quantitative estimate of drug-likeness (QED) is 0.589. The van der Waals surface area contributed by atoms with Crippen molar-refractivity contribution in [1.82, 2.24) is 0 Å². The Balaban J connectivity index is 2.08. The molecule has 2 aromatic rings.